The summed E-state index contributed by atoms with van der Waals surface area (Å²) in [4.78, 5) is 0. The van der Waals surface area contributed by atoms with E-state index in [4.69, 9.17) is 0 Å². The third-order valence-corrected chi connectivity index (χ3v) is 3.28. The molecule has 0 saturated heterocycles. The number of hydrogen-bond acceptors (Lipinski definition) is 1. The molecule has 0 spiro atoms. The summed E-state index contributed by atoms with van der Waals surface area (Å²) >= 11 is 3.38. The maximum absolute atomic E-state index is 10.3. The molecule has 1 heterocycles. The first-order valence-corrected chi connectivity index (χ1v) is 6.20. The van der Waals surface area contributed by atoms with Crippen LogP contribution in [0.15, 0.2) is 65.9 Å². The van der Waals surface area contributed by atoms with Gasteiger partial charge in [0.15, 0.2) is 0 Å². The Kier molecular flexibility index (Phi) is 3.82. The van der Waals surface area contributed by atoms with Crippen molar-refractivity contribution in [2.45, 2.75) is 12.1 Å². The summed E-state index contributed by atoms with van der Waals surface area (Å²) in [7, 11) is 0. The Morgan fingerprint density at radius 3 is 2.29 bits per heavy atom. The van der Waals surface area contributed by atoms with E-state index in [-0.39, 0.29) is 6.04 Å². The maximum Gasteiger partial charge on any atom is 0.103 e. The summed E-state index contributed by atoms with van der Waals surface area (Å²) in [5, 5.41) is 10.3. The van der Waals surface area contributed by atoms with Gasteiger partial charge in [-0.2, -0.15) is 0 Å². The molecule has 0 aliphatic heterocycles. The summed E-state index contributed by atoms with van der Waals surface area (Å²) < 4.78 is 2.95. The van der Waals surface area contributed by atoms with Gasteiger partial charge in [-0.25, -0.2) is 0 Å². The number of nitrogens with zero attached hydrogens (tertiary/aromatic N) is 1. The maximum atomic E-state index is 10.3. The van der Waals surface area contributed by atoms with Gasteiger partial charge in [0.25, 0.3) is 0 Å². The first-order valence-electron chi connectivity index (χ1n) is 5.41. The number of aliphatic hydroxyl groups excluding tert-OH is 1. The molecule has 0 fully saturated rings. The molecule has 0 unspecified atom stereocenters. The van der Waals surface area contributed by atoms with Crippen molar-refractivity contribution in [2.75, 3.05) is 0 Å². The minimum Gasteiger partial charge on any atom is -0.386 e. The lowest BCUT2D eigenvalue weighted by molar-refractivity contribution is 0.135. The van der Waals surface area contributed by atoms with E-state index in [1.165, 1.54) is 0 Å². The molecule has 2 aromatic rings. The van der Waals surface area contributed by atoms with Crippen molar-refractivity contribution in [3.8, 4) is 0 Å². The second-order valence-electron chi connectivity index (χ2n) is 3.85. The van der Waals surface area contributed by atoms with E-state index in [0.717, 1.165) is 10.0 Å². The van der Waals surface area contributed by atoms with Crippen LogP contribution in [0.3, 0.4) is 0 Å². The van der Waals surface area contributed by atoms with Crippen LogP contribution in [-0.4, -0.2) is 9.67 Å². The minimum absolute atomic E-state index is 0.147. The number of hydrogen-bond donors (Lipinski definition) is 1. The van der Waals surface area contributed by atoms with Gasteiger partial charge in [-0.15, -0.1) is 6.58 Å². The summed E-state index contributed by atoms with van der Waals surface area (Å²) in [6.45, 7) is 3.79. The SMILES string of the molecule is C=C[C@@H]([C@H](O)c1ccc(Br)cc1)n1cccc1. The Balaban J connectivity index is 2.26. The zero-order valence-corrected chi connectivity index (χ0v) is 10.9. The molecule has 1 N–H and O–H groups in total. The minimum atomic E-state index is -0.590. The third-order valence-electron chi connectivity index (χ3n) is 2.75. The van der Waals surface area contributed by atoms with Crippen LogP contribution < -0.4 is 0 Å². The molecule has 0 saturated carbocycles. The summed E-state index contributed by atoms with van der Waals surface area (Å²) in [6.07, 6.45) is 5.02. The molecule has 3 heteroatoms. The van der Waals surface area contributed by atoms with Gasteiger partial charge in [-0.1, -0.05) is 34.1 Å². The van der Waals surface area contributed by atoms with Crippen molar-refractivity contribution in [1.29, 1.82) is 0 Å². The zero-order chi connectivity index (χ0) is 12.3. The average Bonchev–Trinajstić information content (AvgIpc) is 2.84. The molecule has 17 heavy (non-hydrogen) atoms. The van der Waals surface area contributed by atoms with Crippen LogP contribution >= 0.6 is 15.9 Å². The van der Waals surface area contributed by atoms with Crippen molar-refractivity contribution in [1.82, 2.24) is 4.57 Å². The smallest absolute Gasteiger partial charge is 0.103 e. The lowest BCUT2D eigenvalue weighted by Crippen LogP contribution is -2.14. The highest BCUT2D eigenvalue weighted by Gasteiger charge is 2.18. The van der Waals surface area contributed by atoms with Gasteiger partial charge in [-0.05, 0) is 29.8 Å². The second kappa shape index (κ2) is 5.34. The number of aromatic nitrogens is 1. The Bertz CT molecular complexity index is 475. The predicted octanol–water partition coefficient (Wildman–Crippen LogP) is 3.71. The summed E-state index contributed by atoms with van der Waals surface area (Å²) in [5.74, 6) is 0. The van der Waals surface area contributed by atoms with Gasteiger partial charge in [0.05, 0.1) is 6.04 Å². The second-order valence-corrected chi connectivity index (χ2v) is 4.77. The molecule has 0 amide bonds. The molecule has 2 atom stereocenters. The molecular formula is C14H14BrNO. The van der Waals surface area contributed by atoms with Gasteiger partial charge in [0.1, 0.15) is 6.10 Å². The van der Waals surface area contributed by atoms with Crippen molar-refractivity contribution in [3.63, 3.8) is 0 Å². The van der Waals surface area contributed by atoms with Crippen molar-refractivity contribution >= 4 is 15.9 Å². The fraction of sp³-hybridized carbons (Fsp3) is 0.143. The first-order chi connectivity index (χ1) is 8.22. The normalized spacial score (nSPS) is 14.2. The van der Waals surface area contributed by atoms with E-state index in [2.05, 4.69) is 22.5 Å². The van der Waals surface area contributed by atoms with Gasteiger partial charge >= 0.3 is 0 Å². The molecule has 0 radical (unpaired) electrons. The van der Waals surface area contributed by atoms with E-state index in [9.17, 15) is 5.11 Å². The highest BCUT2D eigenvalue weighted by atomic mass is 79.9. The third kappa shape index (κ3) is 2.68. The number of rotatable bonds is 4. The highest BCUT2D eigenvalue weighted by molar-refractivity contribution is 9.10. The molecular weight excluding hydrogens is 278 g/mol. The number of benzene rings is 1. The molecule has 0 bridgehead atoms. The Hall–Kier alpha value is -1.32. The van der Waals surface area contributed by atoms with E-state index >= 15 is 0 Å². The van der Waals surface area contributed by atoms with Gasteiger partial charge < -0.3 is 9.67 Å². The molecule has 0 aliphatic rings. The average molecular weight is 292 g/mol. The van der Waals surface area contributed by atoms with Crippen LogP contribution in [0, 0.1) is 0 Å². The van der Waals surface area contributed by atoms with E-state index in [1.54, 1.807) is 6.08 Å². The molecule has 2 nitrogen and oxygen atoms in total. The standard InChI is InChI=1S/C14H14BrNO/c1-2-13(16-9-3-4-10-16)14(17)11-5-7-12(15)8-6-11/h2-10,13-14,17H,1H2/t13-,14+/m0/s1. The largest absolute Gasteiger partial charge is 0.386 e. The van der Waals surface area contributed by atoms with E-state index in [0.29, 0.717) is 0 Å². The fourth-order valence-electron chi connectivity index (χ4n) is 1.82. The topological polar surface area (TPSA) is 25.2 Å². The molecule has 88 valence electrons. The molecule has 2 rings (SSSR count). The Morgan fingerprint density at radius 1 is 1.18 bits per heavy atom. The van der Waals surface area contributed by atoms with E-state index < -0.39 is 6.10 Å². The van der Waals surface area contributed by atoms with Crippen molar-refractivity contribution in [2.24, 2.45) is 0 Å². The Labute approximate surface area is 109 Å². The first kappa shape index (κ1) is 12.1. The Morgan fingerprint density at radius 2 is 1.76 bits per heavy atom. The molecule has 1 aromatic heterocycles. The van der Waals surface area contributed by atoms with Gasteiger partial charge in [-0.3, -0.25) is 0 Å². The lowest BCUT2D eigenvalue weighted by Gasteiger charge is -2.21. The quantitative estimate of drug-likeness (QED) is 0.854. The monoisotopic (exact) mass is 291 g/mol. The van der Waals surface area contributed by atoms with Crippen LogP contribution in [0.1, 0.15) is 17.7 Å². The molecule has 0 aliphatic carbocycles. The van der Waals surface area contributed by atoms with Crippen LogP contribution in [0.2, 0.25) is 0 Å². The molecule has 1 aromatic carbocycles. The van der Waals surface area contributed by atoms with Gasteiger partial charge in [0.2, 0.25) is 0 Å². The summed E-state index contributed by atoms with van der Waals surface area (Å²) in [5.41, 5.74) is 0.881. The van der Waals surface area contributed by atoms with Crippen molar-refractivity contribution < 1.29 is 5.11 Å². The van der Waals surface area contributed by atoms with Crippen LogP contribution in [0.5, 0.6) is 0 Å². The van der Waals surface area contributed by atoms with Gasteiger partial charge in [0, 0.05) is 16.9 Å². The zero-order valence-electron chi connectivity index (χ0n) is 9.33. The fourth-order valence-corrected chi connectivity index (χ4v) is 2.08. The predicted molar refractivity (Wildman–Crippen MR) is 72.8 cm³/mol. The van der Waals surface area contributed by atoms with Crippen LogP contribution in [0.4, 0.5) is 0 Å². The number of aliphatic hydroxyl groups is 1. The van der Waals surface area contributed by atoms with E-state index in [1.807, 2.05) is 53.4 Å². The summed E-state index contributed by atoms with van der Waals surface area (Å²) in [6, 6.07) is 11.4. The van der Waals surface area contributed by atoms with Crippen LogP contribution in [-0.2, 0) is 0 Å². The van der Waals surface area contributed by atoms with Crippen molar-refractivity contribution in [3.05, 3.63) is 71.5 Å². The van der Waals surface area contributed by atoms with Crippen LogP contribution in [0.25, 0.3) is 0 Å². The number of halogens is 1. The highest BCUT2D eigenvalue weighted by Crippen LogP contribution is 2.28. The lowest BCUT2D eigenvalue weighted by atomic mass is 10.0.